The third-order valence-electron chi connectivity index (χ3n) is 4.59. The molecule has 150 valence electrons. The zero-order chi connectivity index (χ0) is 20.4. The number of nitrogens with zero attached hydrogens (tertiary/aromatic N) is 4. The van der Waals surface area contributed by atoms with Crippen molar-refractivity contribution in [3.05, 3.63) is 57.4 Å². The van der Waals surface area contributed by atoms with E-state index in [1.807, 2.05) is 18.4 Å². The largest absolute Gasteiger partial charge is 0.376 e. The molecule has 0 N–H and O–H groups in total. The molecule has 0 radical (unpaired) electrons. The normalized spacial score (nSPS) is 16.2. The third kappa shape index (κ3) is 4.59. The monoisotopic (exact) mass is 448 g/mol. The number of carbonyl (C=O) groups is 1. The van der Waals surface area contributed by atoms with Crippen LogP contribution < -0.4 is 4.90 Å². The zero-order valence-electron chi connectivity index (χ0n) is 15.6. The minimum Gasteiger partial charge on any atom is -0.376 e. The maximum atomic E-state index is 13.2. The first-order valence-corrected chi connectivity index (χ1v) is 10.8. The molecule has 4 rings (SSSR count). The van der Waals surface area contributed by atoms with Crippen molar-refractivity contribution in [2.24, 2.45) is 0 Å². The smallest absolute Gasteiger partial charge is 0.280 e. The van der Waals surface area contributed by atoms with Crippen molar-refractivity contribution in [3.63, 3.8) is 0 Å². The van der Waals surface area contributed by atoms with Crippen molar-refractivity contribution in [2.45, 2.75) is 25.9 Å². The summed E-state index contributed by atoms with van der Waals surface area (Å²) in [6.07, 6.45) is 4.94. The molecule has 0 saturated carbocycles. The van der Waals surface area contributed by atoms with Gasteiger partial charge in [-0.15, -0.1) is 11.3 Å². The van der Waals surface area contributed by atoms with Crippen LogP contribution in [0.4, 0.5) is 5.13 Å². The lowest BCUT2D eigenvalue weighted by Gasteiger charge is -2.22. The average Bonchev–Trinajstić information content (AvgIpc) is 3.38. The van der Waals surface area contributed by atoms with Gasteiger partial charge in [0.15, 0.2) is 5.13 Å². The third-order valence-corrected chi connectivity index (χ3v) is 6.00. The van der Waals surface area contributed by atoms with Gasteiger partial charge in [-0.2, -0.15) is 0 Å². The van der Waals surface area contributed by atoms with Crippen LogP contribution in [0.2, 0.25) is 10.0 Å². The Morgan fingerprint density at radius 3 is 2.86 bits per heavy atom. The number of hydrogen-bond donors (Lipinski definition) is 0. The molecule has 1 atom stereocenters. The van der Waals surface area contributed by atoms with E-state index in [-0.39, 0.29) is 17.7 Å². The van der Waals surface area contributed by atoms with Crippen LogP contribution in [0.3, 0.4) is 0 Å². The summed E-state index contributed by atoms with van der Waals surface area (Å²) in [5.41, 5.74) is 2.47. The second-order valence-electron chi connectivity index (χ2n) is 6.73. The van der Waals surface area contributed by atoms with E-state index in [1.54, 1.807) is 23.2 Å². The van der Waals surface area contributed by atoms with Gasteiger partial charge in [0.05, 0.1) is 35.3 Å². The van der Waals surface area contributed by atoms with Crippen molar-refractivity contribution in [1.82, 2.24) is 15.0 Å². The lowest BCUT2D eigenvalue weighted by atomic mass is 10.2. The summed E-state index contributed by atoms with van der Waals surface area (Å²) in [7, 11) is 0. The number of ether oxygens (including phenoxy) is 1. The number of rotatable bonds is 5. The van der Waals surface area contributed by atoms with E-state index < -0.39 is 0 Å². The molecular weight excluding hydrogens is 431 g/mol. The molecule has 0 bridgehead atoms. The van der Waals surface area contributed by atoms with Crippen LogP contribution in [-0.4, -0.2) is 40.1 Å². The molecule has 3 aromatic rings. The van der Waals surface area contributed by atoms with Crippen LogP contribution in [0.5, 0.6) is 0 Å². The topological polar surface area (TPSA) is 68.2 Å². The molecule has 2 aromatic heterocycles. The molecule has 1 amide bonds. The molecule has 0 unspecified atom stereocenters. The number of halogens is 2. The number of amides is 1. The Morgan fingerprint density at radius 2 is 2.17 bits per heavy atom. The van der Waals surface area contributed by atoms with Gasteiger partial charge >= 0.3 is 0 Å². The van der Waals surface area contributed by atoms with E-state index >= 15 is 0 Å². The second kappa shape index (κ2) is 8.75. The van der Waals surface area contributed by atoms with Crippen LogP contribution in [0.25, 0.3) is 11.3 Å². The highest BCUT2D eigenvalue weighted by Gasteiger charge is 2.28. The standard InChI is InChI=1S/C20H18Cl2N4O2S/c1-12-8-24-17(9-23-12)19(27)26(10-14-3-2-6-28-14)20-25-18(11-29-20)15-5-4-13(21)7-16(15)22/h4-5,7-9,11,14H,2-3,6,10H2,1H3/t14-/m1/s1. The molecule has 1 fully saturated rings. The molecule has 29 heavy (non-hydrogen) atoms. The highest BCUT2D eigenvalue weighted by molar-refractivity contribution is 7.14. The minimum absolute atomic E-state index is 0.0242. The Labute approximate surface area is 182 Å². The Hall–Kier alpha value is -2.06. The number of hydrogen-bond acceptors (Lipinski definition) is 6. The van der Waals surface area contributed by atoms with Crippen molar-refractivity contribution < 1.29 is 9.53 Å². The Morgan fingerprint density at radius 1 is 1.31 bits per heavy atom. The molecule has 6 nitrogen and oxygen atoms in total. The molecule has 3 heterocycles. The van der Waals surface area contributed by atoms with Crippen molar-refractivity contribution in [1.29, 1.82) is 0 Å². The van der Waals surface area contributed by atoms with Crippen LogP contribution in [0.15, 0.2) is 36.0 Å². The van der Waals surface area contributed by atoms with Crippen molar-refractivity contribution in [2.75, 3.05) is 18.1 Å². The molecular formula is C20H18Cl2N4O2S. The molecule has 1 aromatic carbocycles. The fourth-order valence-corrected chi connectivity index (χ4v) is 4.43. The quantitative estimate of drug-likeness (QED) is 0.546. The summed E-state index contributed by atoms with van der Waals surface area (Å²) >= 11 is 13.7. The summed E-state index contributed by atoms with van der Waals surface area (Å²) in [5, 5.41) is 3.51. The predicted octanol–water partition coefficient (Wildman–Crippen LogP) is 5.04. The van der Waals surface area contributed by atoms with Gasteiger partial charge in [0, 0.05) is 28.8 Å². The molecule has 0 aliphatic carbocycles. The van der Waals surface area contributed by atoms with Gasteiger partial charge < -0.3 is 4.74 Å². The number of aromatic nitrogens is 3. The summed E-state index contributed by atoms with van der Waals surface area (Å²) in [4.78, 5) is 27.9. The summed E-state index contributed by atoms with van der Waals surface area (Å²) < 4.78 is 5.74. The fourth-order valence-electron chi connectivity index (χ4n) is 3.09. The Kier molecular flexibility index (Phi) is 6.10. The number of aryl methyl sites for hydroxylation is 1. The zero-order valence-corrected chi connectivity index (χ0v) is 18.0. The summed E-state index contributed by atoms with van der Waals surface area (Å²) in [5.74, 6) is -0.254. The van der Waals surface area contributed by atoms with Gasteiger partial charge in [-0.05, 0) is 38.0 Å². The first kappa shape index (κ1) is 20.2. The molecule has 1 saturated heterocycles. The van der Waals surface area contributed by atoms with Gasteiger partial charge in [0.25, 0.3) is 5.91 Å². The van der Waals surface area contributed by atoms with Crippen molar-refractivity contribution >= 4 is 45.6 Å². The number of benzene rings is 1. The van der Waals surface area contributed by atoms with E-state index in [4.69, 9.17) is 27.9 Å². The molecule has 9 heteroatoms. The van der Waals surface area contributed by atoms with Crippen LogP contribution in [0, 0.1) is 6.92 Å². The molecule has 0 spiro atoms. The van der Waals surface area contributed by atoms with Gasteiger partial charge in [0.2, 0.25) is 0 Å². The first-order chi connectivity index (χ1) is 14.0. The van der Waals surface area contributed by atoms with Crippen LogP contribution in [0.1, 0.15) is 29.0 Å². The van der Waals surface area contributed by atoms with E-state index in [2.05, 4.69) is 15.0 Å². The average molecular weight is 449 g/mol. The highest BCUT2D eigenvalue weighted by Crippen LogP contribution is 2.34. The van der Waals surface area contributed by atoms with E-state index in [0.29, 0.717) is 34.0 Å². The van der Waals surface area contributed by atoms with E-state index in [9.17, 15) is 4.79 Å². The Balaban J connectivity index is 1.66. The minimum atomic E-state index is -0.254. The maximum Gasteiger partial charge on any atom is 0.280 e. The SMILES string of the molecule is Cc1cnc(C(=O)N(C[C@H]2CCCO2)c2nc(-c3ccc(Cl)cc3Cl)cs2)cn1. The molecule has 1 aliphatic heterocycles. The highest BCUT2D eigenvalue weighted by atomic mass is 35.5. The van der Waals surface area contributed by atoms with Gasteiger partial charge in [-0.1, -0.05) is 23.2 Å². The van der Waals surface area contributed by atoms with E-state index in [1.165, 1.54) is 17.5 Å². The van der Waals surface area contributed by atoms with Gasteiger partial charge in [0.1, 0.15) is 5.69 Å². The fraction of sp³-hybridized carbons (Fsp3) is 0.300. The summed E-state index contributed by atoms with van der Waals surface area (Å²) in [6, 6.07) is 5.26. The predicted molar refractivity (Wildman–Crippen MR) is 115 cm³/mol. The van der Waals surface area contributed by atoms with Crippen LogP contribution in [-0.2, 0) is 4.74 Å². The van der Waals surface area contributed by atoms with Crippen molar-refractivity contribution in [3.8, 4) is 11.3 Å². The number of thiazole rings is 1. The molecule has 1 aliphatic rings. The number of carbonyl (C=O) groups excluding carboxylic acids is 1. The summed E-state index contributed by atoms with van der Waals surface area (Å²) in [6.45, 7) is 2.95. The lowest BCUT2D eigenvalue weighted by molar-refractivity contribution is 0.0913. The van der Waals surface area contributed by atoms with Gasteiger partial charge in [-0.3, -0.25) is 14.7 Å². The maximum absolute atomic E-state index is 13.2. The van der Waals surface area contributed by atoms with E-state index in [0.717, 1.165) is 24.1 Å². The Bertz CT molecular complexity index is 1020. The first-order valence-electron chi connectivity index (χ1n) is 9.14. The number of anilines is 1. The lowest BCUT2D eigenvalue weighted by Crippen LogP contribution is -2.38. The van der Waals surface area contributed by atoms with Crippen LogP contribution >= 0.6 is 34.5 Å². The van der Waals surface area contributed by atoms with Gasteiger partial charge in [-0.25, -0.2) is 9.97 Å². The second-order valence-corrected chi connectivity index (χ2v) is 8.41.